The van der Waals surface area contributed by atoms with Crippen LogP contribution in [-0.4, -0.2) is 16.0 Å². The largest absolute Gasteiger partial charge is 0.338 e. The van der Waals surface area contributed by atoms with Crippen LogP contribution in [-0.2, 0) is 6.42 Å². The Balaban J connectivity index is 1.73. The lowest BCUT2D eigenvalue weighted by molar-refractivity contribution is 0.102. The van der Waals surface area contributed by atoms with Crippen LogP contribution in [0.1, 0.15) is 22.8 Å². The van der Waals surface area contributed by atoms with Crippen LogP contribution >= 0.6 is 11.6 Å². The summed E-state index contributed by atoms with van der Waals surface area (Å²) in [6.45, 7) is 2.10. The third kappa shape index (κ3) is 3.57. The number of nitrogens with zero attached hydrogens (tertiary/aromatic N) is 2. The van der Waals surface area contributed by atoms with Crippen molar-refractivity contribution in [3.63, 3.8) is 0 Å². The van der Waals surface area contributed by atoms with Crippen molar-refractivity contribution in [1.82, 2.24) is 10.1 Å². The number of hydrogen-bond acceptors (Lipinski definition) is 4. The zero-order chi connectivity index (χ0) is 16.2. The summed E-state index contributed by atoms with van der Waals surface area (Å²) in [6.07, 6.45) is 2.38. The second-order valence-corrected chi connectivity index (χ2v) is 5.34. The molecule has 1 aromatic carbocycles. The number of aryl methyl sites for hydroxylation is 1. The molecule has 2 heterocycles. The number of carbonyl (C=O) groups excluding carboxylic acids is 1. The van der Waals surface area contributed by atoms with Gasteiger partial charge in [-0.05, 0) is 24.1 Å². The SMILES string of the molecule is CCc1ccc(-c2cc(NC(=O)c3ccc(Cl)nc3)on2)cc1. The molecule has 116 valence electrons. The molecule has 0 saturated heterocycles. The zero-order valence-electron chi connectivity index (χ0n) is 12.4. The molecule has 0 aliphatic rings. The minimum absolute atomic E-state index is 0.277. The monoisotopic (exact) mass is 327 g/mol. The number of amides is 1. The molecule has 0 aliphatic carbocycles. The predicted molar refractivity (Wildman–Crippen MR) is 88.5 cm³/mol. The van der Waals surface area contributed by atoms with E-state index in [1.54, 1.807) is 18.2 Å². The third-order valence-electron chi connectivity index (χ3n) is 3.39. The second kappa shape index (κ2) is 6.62. The molecule has 0 radical (unpaired) electrons. The van der Waals surface area contributed by atoms with E-state index in [0.29, 0.717) is 16.4 Å². The Morgan fingerprint density at radius 2 is 2.00 bits per heavy atom. The van der Waals surface area contributed by atoms with E-state index in [1.807, 2.05) is 24.3 Å². The molecule has 3 rings (SSSR count). The number of halogens is 1. The first kappa shape index (κ1) is 15.2. The van der Waals surface area contributed by atoms with Gasteiger partial charge in [0.2, 0.25) is 5.88 Å². The first-order chi connectivity index (χ1) is 11.2. The summed E-state index contributed by atoms with van der Waals surface area (Å²) in [4.78, 5) is 15.9. The summed E-state index contributed by atoms with van der Waals surface area (Å²) in [7, 11) is 0. The van der Waals surface area contributed by atoms with Crippen molar-refractivity contribution < 1.29 is 9.32 Å². The zero-order valence-corrected chi connectivity index (χ0v) is 13.2. The van der Waals surface area contributed by atoms with Crippen molar-refractivity contribution in [1.29, 1.82) is 0 Å². The Labute approximate surface area is 138 Å². The van der Waals surface area contributed by atoms with Gasteiger partial charge in [0, 0.05) is 17.8 Å². The third-order valence-corrected chi connectivity index (χ3v) is 3.62. The van der Waals surface area contributed by atoms with E-state index in [9.17, 15) is 4.79 Å². The van der Waals surface area contributed by atoms with Crippen molar-refractivity contribution in [3.8, 4) is 11.3 Å². The molecule has 0 aliphatic heterocycles. The van der Waals surface area contributed by atoms with Gasteiger partial charge in [-0.15, -0.1) is 0 Å². The van der Waals surface area contributed by atoms with Gasteiger partial charge >= 0.3 is 0 Å². The molecule has 23 heavy (non-hydrogen) atoms. The molecule has 0 unspecified atom stereocenters. The van der Waals surface area contributed by atoms with Crippen LogP contribution in [0.3, 0.4) is 0 Å². The standard InChI is InChI=1S/C17H14ClN3O2/c1-2-11-3-5-12(6-4-11)14-9-16(23-21-14)20-17(22)13-7-8-15(18)19-10-13/h3-10H,2H2,1H3,(H,20,22). The highest BCUT2D eigenvalue weighted by molar-refractivity contribution is 6.29. The van der Waals surface area contributed by atoms with Gasteiger partial charge in [-0.25, -0.2) is 4.98 Å². The van der Waals surface area contributed by atoms with Crippen LogP contribution in [0.5, 0.6) is 0 Å². The average Bonchev–Trinajstić information content (AvgIpc) is 3.04. The molecule has 0 spiro atoms. The molecule has 1 N–H and O–H groups in total. The Kier molecular flexibility index (Phi) is 4.39. The fraction of sp³-hybridized carbons (Fsp3) is 0.118. The number of rotatable bonds is 4. The Morgan fingerprint density at radius 3 is 2.65 bits per heavy atom. The van der Waals surface area contributed by atoms with Gasteiger partial charge in [0.25, 0.3) is 5.91 Å². The first-order valence-corrected chi connectivity index (χ1v) is 7.52. The lowest BCUT2D eigenvalue weighted by atomic mass is 10.1. The van der Waals surface area contributed by atoms with E-state index in [-0.39, 0.29) is 11.8 Å². The van der Waals surface area contributed by atoms with E-state index < -0.39 is 0 Å². The van der Waals surface area contributed by atoms with Crippen LogP contribution in [0.25, 0.3) is 11.3 Å². The minimum Gasteiger partial charge on any atom is -0.338 e. The average molecular weight is 328 g/mol. The highest BCUT2D eigenvalue weighted by Crippen LogP contribution is 2.22. The summed E-state index contributed by atoms with van der Waals surface area (Å²) >= 11 is 5.70. The van der Waals surface area contributed by atoms with Crippen molar-refractivity contribution in [2.45, 2.75) is 13.3 Å². The molecule has 0 bridgehead atoms. The fourth-order valence-electron chi connectivity index (χ4n) is 2.08. The topological polar surface area (TPSA) is 68.0 Å². The van der Waals surface area contributed by atoms with Crippen molar-refractivity contribution in [2.75, 3.05) is 5.32 Å². The molecule has 2 aromatic heterocycles. The summed E-state index contributed by atoms with van der Waals surface area (Å²) in [5.74, 6) is -0.0577. The first-order valence-electron chi connectivity index (χ1n) is 7.14. The normalized spacial score (nSPS) is 10.5. The molecular formula is C17H14ClN3O2. The fourth-order valence-corrected chi connectivity index (χ4v) is 2.19. The van der Waals surface area contributed by atoms with Crippen LogP contribution in [0.4, 0.5) is 5.88 Å². The van der Waals surface area contributed by atoms with Gasteiger partial charge < -0.3 is 4.52 Å². The molecular weight excluding hydrogens is 314 g/mol. The summed E-state index contributed by atoms with van der Waals surface area (Å²) < 4.78 is 5.16. The molecule has 5 nitrogen and oxygen atoms in total. The predicted octanol–water partition coefficient (Wildman–Crippen LogP) is 4.20. The number of pyridine rings is 1. The lowest BCUT2D eigenvalue weighted by Crippen LogP contribution is -2.11. The number of hydrogen-bond donors (Lipinski definition) is 1. The van der Waals surface area contributed by atoms with Gasteiger partial charge in [-0.1, -0.05) is 47.9 Å². The molecule has 0 saturated carbocycles. The van der Waals surface area contributed by atoms with Crippen LogP contribution in [0, 0.1) is 0 Å². The Bertz CT molecular complexity index is 811. The molecule has 0 fully saturated rings. The summed E-state index contributed by atoms with van der Waals surface area (Å²) in [6, 6.07) is 12.9. The van der Waals surface area contributed by atoms with Crippen molar-refractivity contribution >= 4 is 23.4 Å². The van der Waals surface area contributed by atoms with Crippen LogP contribution in [0.2, 0.25) is 5.15 Å². The van der Waals surface area contributed by atoms with E-state index in [0.717, 1.165) is 12.0 Å². The summed E-state index contributed by atoms with van der Waals surface area (Å²) in [5, 5.41) is 6.95. The quantitative estimate of drug-likeness (QED) is 0.729. The molecule has 1 amide bonds. The van der Waals surface area contributed by atoms with E-state index >= 15 is 0 Å². The van der Waals surface area contributed by atoms with Gasteiger partial charge in [0.05, 0.1) is 5.56 Å². The van der Waals surface area contributed by atoms with Crippen molar-refractivity contribution in [3.05, 3.63) is 64.9 Å². The Hall–Kier alpha value is -2.66. The number of aromatic nitrogens is 2. The molecule has 3 aromatic rings. The van der Waals surface area contributed by atoms with E-state index in [4.69, 9.17) is 16.1 Å². The van der Waals surface area contributed by atoms with E-state index in [2.05, 4.69) is 22.4 Å². The van der Waals surface area contributed by atoms with Crippen LogP contribution in [0.15, 0.2) is 53.2 Å². The number of nitrogens with one attached hydrogen (secondary N) is 1. The minimum atomic E-state index is -0.335. The maximum absolute atomic E-state index is 12.1. The summed E-state index contributed by atoms with van der Waals surface area (Å²) in [5.41, 5.74) is 3.23. The smallest absolute Gasteiger partial charge is 0.259 e. The highest BCUT2D eigenvalue weighted by atomic mass is 35.5. The van der Waals surface area contributed by atoms with Crippen molar-refractivity contribution in [2.24, 2.45) is 0 Å². The van der Waals surface area contributed by atoms with E-state index in [1.165, 1.54) is 11.8 Å². The van der Waals surface area contributed by atoms with Gasteiger partial charge in [0.1, 0.15) is 10.8 Å². The number of carbonyl (C=O) groups is 1. The van der Waals surface area contributed by atoms with Gasteiger partial charge in [-0.2, -0.15) is 0 Å². The molecule has 0 atom stereocenters. The Morgan fingerprint density at radius 1 is 1.22 bits per heavy atom. The maximum atomic E-state index is 12.1. The van der Waals surface area contributed by atoms with Crippen LogP contribution < -0.4 is 5.32 Å². The number of anilines is 1. The molecule has 6 heteroatoms. The second-order valence-electron chi connectivity index (χ2n) is 4.95. The van der Waals surface area contributed by atoms with Gasteiger partial charge in [0.15, 0.2) is 0 Å². The maximum Gasteiger partial charge on any atom is 0.259 e. The van der Waals surface area contributed by atoms with Gasteiger partial charge in [-0.3, -0.25) is 10.1 Å². The number of benzene rings is 1. The highest BCUT2D eigenvalue weighted by Gasteiger charge is 2.11. The lowest BCUT2D eigenvalue weighted by Gasteiger charge is -2.00.